The zero-order valence-electron chi connectivity index (χ0n) is 8.64. The molecule has 6 heteroatoms. The Morgan fingerprint density at radius 3 is 2.73 bits per heavy atom. The third-order valence-electron chi connectivity index (χ3n) is 2.72. The average molecular weight is 210 g/mol. The monoisotopic (exact) mass is 210 g/mol. The topological polar surface area (TPSA) is 79.0 Å². The Kier molecular flexibility index (Phi) is 2.44. The summed E-state index contributed by atoms with van der Waals surface area (Å²) in [6, 6.07) is 0. The predicted octanol–water partition coefficient (Wildman–Crippen LogP) is -1.38. The van der Waals surface area contributed by atoms with Gasteiger partial charge in [0.05, 0.1) is 0 Å². The predicted molar refractivity (Wildman–Crippen MR) is 53.9 cm³/mol. The molecule has 0 aromatic rings. The van der Waals surface area contributed by atoms with Gasteiger partial charge in [0.15, 0.2) is 0 Å². The zero-order valence-corrected chi connectivity index (χ0v) is 8.64. The van der Waals surface area contributed by atoms with Crippen LogP contribution in [0.15, 0.2) is 4.99 Å². The first-order valence-corrected chi connectivity index (χ1v) is 4.95. The van der Waals surface area contributed by atoms with E-state index < -0.39 is 0 Å². The molecular weight excluding hydrogens is 196 g/mol. The molecule has 2 heterocycles. The third-order valence-corrected chi connectivity index (χ3v) is 2.72. The van der Waals surface area contributed by atoms with Gasteiger partial charge in [-0.2, -0.15) is 4.99 Å². The number of hydrogen-bond acceptors (Lipinski definition) is 4. The van der Waals surface area contributed by atoms with Gasteiger partial charge in [-0.05, 0) is 12.5 Å². The van der Waals surface area contributed by atoms with Crippen molar-refractivity contribution in [1.82, 2.24) is 9.80 Å². The lowest BCUT2D eigenvalue weighted by molar-refractivity contribution is -0.124. The largest absolute Gasteiger partial charge is 0.336 e. The van der Waals surface area contributed by atoms with Crippen molar-refractivity contribution < 1.29 is 9.59 Å². The second-order valence-corrected chi connectivity index (χ2v) is 3.97. The normalized spacial score (nSPS) is 26.5. The molecule has 0 aromatic heterocycles. The summed E-state index contributed by atoms with van der Waals surface area (Å²) in [6.07, 6.45) is 0.456. The summed E-state index contributed by atoms with van der Waals surface area (Å²) in [5.41, 5.74) is 5.52. The minimum absolute atomic E-state index is 0.00532. The molecule has 0 aliphatic carbocycles. The Bertz CT molecular complexity index is 339. The van der Waals surface area contributed by atoms with Gasteiger partial charge in [0.25, 0.3) is 5.91 Å². The molecule has 1 fully saturated rings. The Morgan fingerprint density at radius 1 is 1.53 bits per heavy atom. The summed E-state index contributed by atoms with van der Waals surface area (Å²) in [5, 5.41) is 0. The number of amides is 2. The number of nitrogens with zero attached hydrogens (tertiary/aromatic N) is 3. The van der Waals surface area contributed by atoms with E-state index in [1.54, 1.807) is 16.8 Å². The molecule has 0 aromatic carbocycles. The molecule has 2 aliphatic rings. The molecule has 2 amide bonds. The molecule has 2 rings (SSSR count). The maximum Gasteiger partial charge on any atom is 0.268 e. The van der Waals surface area contributed by atoms with Gasteiger partial charge >= 0.3 is 0 Å². The van der Waals surface area contributed by atoms with Crippen LogP contribution >= 0.6 is 0 Å². The number of guanidine groups is 1. The number of carbonyl (C=O) groups excluding carboxylic acids is 2. The van der Waals surface area contributed by atoms with Gasteiger partial charge in [0.1, 0.15) is 6.54 Å². The molecule has 0 bridgehead atoms. The van der Waals surface area contributed by atoms with Crippen LogP contribution in [0.4, 0.5) is 0 Å². The molecule has 2 aliphatic heterocycles. The first-order chi connectivity index (χ1) is 7.11. The minimum Gasteiger partial charge on any atom is -0.336 e. The second-order valence-electron chi connectivity index (χ2n) is 3.97. The first kappa shape index (κ1) is 10.1. The van der Waals surface area contributed by atoms with Gasteiger partial charge < -0.3 is 10.6 Å². The van der Waals surface area contributed by atoms with E-state index in [4.69, 9.17) is 5.73 Å². The zero-order chi connectivity index (χ0) is 11.0. The van der Waals surface area contributed by atoms with Gasteiger partial charge in [0, 0.05) is 20.0 Å². The summed E-state index contributed by atoms with van der Waals surface area (Å²) in [5.74, 6) is 0.465. The van der Waals surface area contributed by atoms with Crippen LogP contribution in [0.1, 0.15) is 6.42 Å². The molecule has 6 nitrogen and oxygen atoms in total. The highest BCUT2D eigenvalue weighted by Crippen LogP contribution is 2.19. The Labute approximate surface area is 87.7 Å². The van der Waals surface area contributed by atoms with Gasteiger partial charge in [-0.25, -0.2) is 0 Å². The van der Waals surface area contributed by atoms with Gasteiger partial charge in [-0.3, -0.25) is 14.5 Å². The van der Waals surface area contributed by atoms with Gasteiger partial charge in [-0.1, -0.05) is 0 Å². The van der Waals surface area contributed by atoms with Crippen molar-refractivity contribution >= 4 is 17.8 Å². The number of aliphatic imine (C=N–C) groups is 1. The van der Waals surface area contributed by atoms with E-state index in [9.17, 15) is 9.59 Å². The fourth-order valence-electron chi connectivity index (χ4n) is 1.91. The molecule has 0 saturated carbocycles. The molecule has 1 atom stereocenters. The summed E-state index contributed by atoms with van der Waals surface area (Å²) < 4.78 is 0. The fourth-order valence-corrected chi connectivity index (χ4v) is 1.91. The van der Waals surface area contributed by atoms with Crippen molar-refractivity contribution in [2.75, 3.05) is 26.7 Å². The molecule has 2 N–H and O–H groups in total. The van der Waals surface area contributed by atoms with Crippen LogP contribution in [0.25, 0.3) is 0 Å². The SMILES string of the molecule is CN1CC(=O)N=C1N1CC(CN)CC1=O. The van der Waals surface area contributed by atoms with Crippen LogP contribution in [0, 0.1) is 5.92 Å². The van der Waals surface area contributed by atoms with Crippen LogP contribution in [0.5, 0.6) is 0 Å². The van der Waals surface area contributed by atoms with Crippen LogP contribution in [-0.2, 0) is 9.59 Å². The molecule has 1 saturated heterocycles. The van der Waals surface area contributed by atoms with Crippen molar-refractivity contribution in [1.29, 1.82) is 0 Å². The first-order valence-electron chi connectivity index (χ1n) is 4.95. The highest BCUT2D eigenvalue weighted by atomic mass is 16.2. The summed E-state index contributed by atoms with van der Waals surface area (Å²) in [6.45, 7) is 1.32. The van der Waals surface area contributed by atoms with Crippen LogP contribution in [0.2, 0.25) is 0 Å². The minimum atomic E-state index is -0.198. The Balaban J connectivity index is 2.15. The van der Waals surface area contributed by atoms with E-state index in [0.29, 0.717) is 25.5 Å². The van der Waals surface area contributed by atoms with E-state index in [2.05, 4.69) is 4.99 Å². The number of nitrogens with two attached hydrogens (primary N) is 1. The van der Waals surface area contributed by atoms with E-state index in [0.717, 1.165) is 0 Å². The van der Waals surface area contributed by atoms with Crippen LogP contribution < -0.4 is 5.73 Å². The maximum atomic E-state index is 11.6. The Hall–Kier alpha value is -1.43. The average Bonchev–Trinajstić information content (AvgIpc) is 2.69. The molecule has 82 valence electrons. The van der Waals surface area contributed by atoms with Crippen molar-refractivity contribution in [3.05, 3.63) is 0 Å². The van der Waals surface area contributed by atoms with Crippen molar-refractivity contribution in [3.8, 4) is 0 Å². The van der Waals surface area contributed by atoms with Gasteiger partial charge in [-0.15, -0.1) is 0 Å². The summed E-state index contributed by atoms with van der Waals surface area (Å²) >= 11 is 0. The number of hydrogen-bond donors (Lipinski definition) is 1. The van der Waals surface area contributed by atoms with E-state index in [1.807, 2.05) is 0 Å². The van der Waals surface area contributed by atoms with Crippen molar-refractivity contribution in [2.45, 2.75) is 6.42 Å². The standard InChI is InChI=1S/C9H14N4O2/c1-12-5-7(14)11-9(12)13-4-6(3-10)2-8(13)15/h6H,2-5,10H2,1H3. The lowest BCUT2D eigenvalue weighted by Crippen LogP contribution is -2.41. The molecule has 1 unspecified atom stereocenters. The second kappa shape index (κ2) is 3.62. The quantitative estimate of drug-likeness (QED) is 0.578. The number of carbonyl (C=O) groups is 2. The number of likely N-dealkylation sites (N-methyl/N-ethyl adjacent to an activating group) is 1. The lowest BCUT2D eigenvalue weighted by atomic mass is 10.1. The lowest BCUT2D eigenvalue weighted by Gasteiger charge is -2.21. The maximum absolute atomic E-state index is 11.6. The number of likely N-dealkylation sites (tertiary alicyclic amines) is 1. The van der Waals surface area contributed by atoms with Gasteiger partial charge in [0.2, 0.25) is 11.9 Å². The molecule has 15 heavy (non-hydrogen) atoms. The highest BCUT2D eigenvalue weighted by Gasteiger charge is 2.36. The number of rotatable bonds is 1. The highest BCUT2D eigenvalue weighted by molar-refractivity contribution is 6.07. The summed E-state index contributed by atoms with van der Waals surface area (Å²) in [4.78, 5) is 29.8. The molecule has 0 radical (unpaired) electrons. The smallest absolute Gasteiger partial charge is 0.268 e. The van der Waals surface area contributed by atoms with E-state index >= 15 is 0 Å². The van der Waals surface area contributed by atoms with E-state index in [-0.39, 0.29) is 24.3 Å². The fraction of sp³-hybridized carbons (Fsp3) is 0.667. The summed E-state index contributed by atoms with van der Waals surface area (Å²) in [7, 11) is 1.76. The Morgan fingerprint density at radius 2 is 2.27 bits per heavy atom. The van der Waals surface area contributed by atoms with Crippen molar-refractivity contribution in [3.63, 3.8) is 0 Å². The van der Waals surface area contributed by atoms with E-state index in [1.165, 1.54) is 0 Å². The molecular formula is C9H14N4O2. The van der Waals surface area contributed by atoms with Crippen LogP contribution in [0.3, 0.4) is 0 Å². The third kappa shape index (κ3) is 1.72. The molecule has 0 spiro atoms. The van der Waals surface area contributed by atoms with Crippen molar-refractivity contribution in [2.24, 2.45) is 16.6 Å². The van der Waals surface area contributed by atoms with Crippen LogP contribution in [-0.4, -0.2) is 54.3 Å².